The molecule has 0 atom stereocenters. The average molecular weight is 391 g/mol. The maximum Gasteiger partial charge on any atom is 0.363 e. The number of carbonyl (C=O) groups is 1. The molecule has 2 aromatic rings. The number of sulfonamides is 1. The molecule has 134 valence electrons. The second-order valence-electron chi connectivity index (χ2n) is 5.68. The van der Waals surface area contributed by atoms with Crippen LogP contribution >= 0.6 is 11.6 Å². The van der Waals surface area contributed by atoms with Gasteiger partial charge in [-0.05, 0) is 35.9 Å². The van der Waals surface area contributed by atoms with Crippen molar-refractivity contribution in [1.82, 2.24) is 4.31 Å². The zero-order valence-electron chi connectivity index (χ0n) is 14.0. The van der Waals surface area contributed by atoms with Crippen molar-refractivity contribution in [2.24, 2.45) is 4.99 Å². The number of aliphatic imine (C=N–C) groups is 1. The van der Waals surface area contributed by atoms with Crippen molar-refractivity contribution in [2.45, 2.75) is 4.90 Å². The van der Waals surface area contributed by atoms with Gasteiger partial charge in [-0.3, -0.25) is 0 Å². The Hall–Kier alpha value is -2.48. The Morgan fingerprint density at radius 2 is 1.81 bits per heavy atom. The molecule has 1 aliphatic rings. The molecule has 8 heteroatoms. The van der Waals surface area contributed by atoms with Crippen molar-refractivity contribution in [2.75, 3.05) is 14.1 Å². The molecule has 1 aliphatic heterocycles. The van der Waals surface area contributed by atoms with Gasteiger partial charge < -0.3 is 4.74 Å². The zero-order chi connectivity index (χ0) is 18.9. The van der Waals surface area contributed by atoms with Crippen LogP contribution in [-0.4, -0.2) is 38.7 Å². The van der Waals surface area contributed by atoms with E-state index in [1.54, 1.807) is 18.2 Å². The molecule has 0 bridgehead atoms. The van der Waals surface area contributed by atoms with Crippen molar-refractivity contribution in [1.29, 1.82) is 0 Å². The Labute approximate surface area is 156 Å². The summed E-state index contributed by atoms with van der Waals surface area (Å²) in [5.74, 6) is -0.357. The molecule has 2 aromatic carbocycles. The molecule has 26 heavy (non-hydrogen) atoms. The fraction of sp³-hybridized carbons (Fsp3) is 0.111. The molecule has 1 heterocycles. The molecule has 0 aliphatic carbocycles. The third-order valence-corrected chi connectivity index (χ3v) is 5.96. The van der Waals surface area contributed by atoms with E-state index >= 15 is 0 Å². The van der Waals surface area contributed by atoms with Crippen LogP contribution in [0.15, 0.2) is 64.1 Å². The number of benzene rings is 2. The van der Waals surface area contributed by atoms with E-state index in [9.17, 15) is 13.2 Å². The fourth-order valence-electron chi connectivity index (χ4n) is 2.28. The van der Waals surface area contributed by atoms with E-state index in [0.29, 0.717) is 11.1 Å². The normalized spacial score (nSPS) is 16.1. The monoisotopic (exact) mass is 390 g/mol. The molecule has 0 N–H and O–H groups in total. The van der Waals surface area contributed by atoms with Gasteiger partial charge in [0.1, 0.15) is 4.90 Å². The summed E-state index contributed by atoms with van der Waals surface area (Å²) in [4.78, 5) is 16.2. The summed E-state index contributed by atoms with van der Waals surface area (Å²) < 4.78 is 30.6. The van der Waals surface area contributed by atoms with Crippen molar-refractivity contribution in [3.05, 3.63) is 70.4 Å². The number of hydrogen-bond acceptors (Lipinski definition) is 5. The largest absolute Gasteiger partial charge is 0.402 e. The molecule has 3 rings (SSSR count). The van der Waals surface area contributed by atoms with E-state index in [0.717, 1.165) is 4.31 Å². The molecule has 0 amide bonds. The molecule has 0 saturated heterocycles. The summed E-state index contributed by atoms with van der Waals surface area (Å²) in [6, 6.07) is 13.5. The number of carbonyl (C=O) groups excluding carboxylic acids is 1. The third kappa shape index (κ3) is 3.55. The lowest BCUT2D eigenvalue weighted by atomic mass is 10.2. The summed E-state index contributed by atoms with van der Waals surface area (Å²) in [5, 5.41) is 0.0617. The summed E-state index contributed by atoms with van der Waals surface area (Å²) in [6.45, 7) is 0. The number of hydrogen-bond donors (Lipinski definition) is 0. The fourth-order valence-corrected chi connectivity index (χ4v) is 3.70. The van der Waals surface area contributed by atoms with E-state index in [4.69, 9.17) is 16.3 Å². The van der Waals surface area contributed by atoms with Gasteiger partial charge in [0.25, 0.3) is 0 Å². The number of cyclic esters (lactones) is 1. The summed E-state index contributed by atoms with van der Waals surface area (Å²) >= 11 is 6.12. The average Bonchev–Trinajstić information content (AvgIpc) is 2.96. The van der Waals surface area contributed by atoms with Crippen LogP contribution in [0, 0.1) is 0 Å². The Morgan fingerprint density at radius 1 is 1.12 bits per heavy atom. The van der Waals surface area contributed by atoms with Crippen LogP contribution in [0.5, 0.6) is 0 Å². The quantitative estimate of drug-likeness (QED) is 0.594. The Bertz CT molecular complexity index is 1030. The number of esters is 1. The van der Waals surface area contributed by atoms with Crippen LogP contribution < -0.4 is 0 Å². The van der Waals surface area contributed by atoms with Gasteiger partial charge in [-0.25, -0.2) is 22.5 Å². The van der Waals surface area contributed by atoms with E-state index < -0.39 is 16.0 Å². The topological polar surface area (TPSA) is 76.0 Å². The van der Waals surface area contributed by atoms with E-state index in [1.807, 2.05) is 18.2 Å². The first-order valence-electron chi connectivity index (χ1n) is 7.59. The van der Waals surface area contributed by atoms with Gasteiger partial charge in [0.05, 0.1) is 5.02 Å². The van der Waals surface area contributed by atoms with Crippen LogP contribution in [0.1, 0.15) is 11.1 Å². The highest BCUT2D eigenvalue weighted by Crippen LogP contribution is 2.26. The Kier molecular flexibility index (Phi) is 4.95. The second-order valence-corrected chi connectivity index (χ2v) is 8.21. The van der Waals surface area contributed by atoms with Gasteiger partial charge in [-0.15, -0.1) is 0 Å². The second kappa shape index (κ2) is 7.03. The molecule has 0 saturated carbocycles. The molecule has 0 spiro atoms. The van der Waals surface area contributed by atoms with E-state index in [-0.39, 0.29) is 21.5 Å². The minimum atomic E-state index is -3.65. The van der Waals surface area contributed by atoms with Gasteiger partial charge in [0.15, 0.2) is 5.70 Å². The van der Waals surface area contributed by atoms with Gasteiger partial charge in [0, 0.05) is 19.7 Å². The maximum atomic E-state index is 12.2. The van der Waals surface area contributed by atoms with Gasteiger partial charge >= 0.3 is 5.97 Å². The minimum Gasteiger partial charge on any atom is -0.402 e. The standard InChI is InChI=1S/C18H15ClN2O4S/c1-21(2)26(23,24)16-9-8-12(10-14(16)19)11-15-18(22)25-17(20-15)13-6-4-3-5-7-13/h3-11H,1-2H3/b15-11-. The number of nitrogens with zero attached hydrogens (tertiary/aromatic N) is 2. The van der Waals surface area contributed by atoms with Gasteiger partial charge in [-0.1, -0.05) is 35.9 Å². The molecule has 0 radical (unpaired) electrons. The van der Waals surface area contributed by atoms with Crippen molar-refractivity contribution in [3.8, 4) is 0 Å². The third-order valence-electron chi connectivity index (χ3n) is 3.66. The Balaban J connectivity index is 1.94. The molecule has 0 fully saturated rings. The van der Waals surface area contributed by atoms with Gasteiger partial charge in [-0.2, -0.15) is 0 Å². The molecule has 6 nitrogen and oxygen atoms in total. The molecule has 0 unspecified atom stereocenters. The van der Waals surface area contributed by atoms with Crippen molar-refractivity contribution >= 4 is 39.6 Å². The van der Waals surface area contributed by atoms with Gasteiger partial charge in [0.2, 0.25) is 15.9 Å². The smallest absolute Gasteiger partial charge is 0.363 e. The molecular weight excluding hydrogens is 376 g/mol. The van der Waals surface area contributed by atoms with Crippen LogP contribution in [0.3, 0.4) is 0 Å². The highest BCUT2D eigenvalue weighted by molar-refractivity contribution is 7.89. The predicted molar refractivity (Wildman–Crippen MR) is 99.4 cm³/mol. The van der Waals surface area contributed by atoms with E-state index in [2.05, 4.69) is 4.99 Å². The summed E-state index contributed by atoms with van der Waals surface area (Å²) in [5.41, 5.74) is 1.34. The predicted octanol–water partition coefficient (Wildman–Crippen LogP) is 2.93. The number of ether oxygens (including phenoxy) is 1. The molecular formula is C18H15ClN2O4S. The summed E-state index contributed by atoms with van der Waals surface area (Å²) in [6.07, 6.45) is 1.50. The first kappa shape index (κ1) is 18.3. The van der Waals surface area contributed by atoms with Crippen LogP contribution in [0.2, 0.25) is 5.02 Å². The van der Waals surface area contributed by atoms with Crippen LogP contribution in [-0.2, 0) is 19.6 Å². The minimum absolute atomic E-state index is 0.00575. The van der Waals surface area contributed by atoms with E-state index in [1.165, 1.54) is 32.3 Å². The maximum absolute atomic E-state index is 12.2. The Morgan fingerprint density at radius 3 is 2.42 bits per heavy atom. The van der Waals surface area contributed by atoms with Crippen LogP contribution in [0.4, 0.5) is 0 Å². The zero-order valence-corrected chi connectivity index (χ0v) is 15.6. The molecule has 0 aromatic heterocycles. The lowest BCUT2D eigenvalue weighted by molar-refractivity contribution is -0.129. The SMILES string of the molecule is CN(C)S(=O)(=O)c1ccc(/C=C2\N=C(c3ccccc3)OC2=O)cc1Cl. The first-order chi connectivity index (χ1) is 12.3. The highest BCUT2D eigenvalue weighted by Gasteiger charge is 2.25. The number of rotatable bonds is 4. The lowest BCUT2D eigenvalue weighted by Crippen LogP contribution is -2.22. The van der Waals surface area contributed by atoms with Crippen molar-refractivity contribution < 1.29 is 17.9 Å². The number of halogens is 1. The van der Waals surface area contributed by atoms with Crippen LogP contribution in [0.25, 0.3) is 6.08 Å². The lowest BCUT2D eigenvalue weighted by Gasteiger charge is -2.12. The highest BCUT2D eigenvalue weighted by atomic mass is 35.5. The van der Waals surface area contributed by atoms with Crippen molar-refractivity contribution in [3.63, 3.8) is 0 Å². The first-order valence-corrected chi connectivity index (χ1v) is 9.41. The summed E-state index contributed by atoms with van der Waals surface area (Å²) in [7, 11) is -0.793.